The molecule has 0 spiro atoms. The molecule has 2 aromatic heterocycles. The van der Waals surface area contributed by atoms with Gasteiger partial charge in [0.1, 0.15) is 29.4 Å². The van der Waals surface area contributed by atoms with Crippen LogP contribution in [0.3, 0.4) is 0 Å². The van der Waals surface area contributed by atoms with E-state index in [-0.39, 0.29) is 61.1 Å². The molecule has 1 aliphatic carbocycles. The molecule has 0 radical (unpaired) electrons. The number of phenols is 1. The standard InChI is InChI=1S/C52H66N8O8/c1-9-58-42-15-14-32-24-37(42)38(45(58)36-12-10-17-53-43(36)30(4)67-8)26-51(5,6)28-68-49(65)39-13-11-18-60(56-39)48(64)40(22-31-20-33(32)23-35(61)21-31)55-46(62)44(29(2)3)57(7)50(66)52-25-34(52)16-19-59(52)47(63)41-27-54-41/h10,12,14-15,17,20-21,23-24,29-30,34,39-41,44,54,56,61H,9,11,13,16,18-19,22,25-28H2,1-8H3,(H,55,62)/t30-,34+,39-,40-,41+,44?,52-/m0/s1. The van der Waals surface area contributed by atoms with Gasteiger partial charge in [0.05, 0.1) is 30.1 Å². The minimum absolute atomic E-state index is 0.00847. The molecule has 4 N–H and O–H groups in total. The Hall–Kier alpha value is -5.84. The lowest BCUT2D eigenvalue weighted by Gasteiger charge is -2.38. The van der Waals surface area contributed by atoms with Crippen LogP contribution >= 0.6 is 0 Å². The smallest absolute Gasteiger partial charge is 0.324 e. The van der Waals surface area contributed by atoms with Gasteiger partial charge in [-0.25, -0.2) is 5.43 Å². The Labute approximate surface area is 398 Å². The number of nitrogens with one attached hydrogen (secondary N) is 3. The second-order valence-electron chi connectivity index (χ2n) is 20.7. The Morgan fingerprint density at radius 1 is 1.06 bits per heavy atom. The Balaban J connectivity index is 1.11. The first-order valence-corrected chi connectivity index (χ1v) is 24.3. The van der Waals surface area contributed by atoms with E-state index in [4.69, 9.17) is 14.5 Å². The van der Waals surface area contributed by atoms with Crippen molar-refractivity contribution in [3.05, 3.63) is 71.5 Å². The molecule has 1 saturated carbocycles. The van der Waals surface area contributed by atoms with Gasteiger partial charge >= 0.3 is 5.97 Å². The second kappa shape index (κ2) is 18.2. The number of piperidine rings is 1. The van der Waals surface area contributed by atoms with E-state index in [1.54, 1.807) is 37.4 Å². The number of hydrogen-bond donors (Lipinski definition) is 4. The van der Waals surface area contributed by atoms with E-state index in [2.05, 4.69) is 59.6 Å². The maximum Gasteiger partial charge on any atom is 0.324 e. The minimum atomic E-state index is -1.17. The molecule has 1 unspecified atom stereocenters. The summed E-state index contributed by atoms with van der Waals surface area (Å²) in [6, 6.07) is 12.3. The molecule has 9 rings (SSSR count). The fraction of sp³-hybridized carbons (Fsp3) is 0.538. The van der Waals surface area contributed by atoms with Crippen molar-refractivity contribution in [2.75, 3.05) is 40.4 Å². The van der Waals surface area contributed by atoms with Crippen molar-refractivity contribution in [1.29, 1.82) is 0 Å². The van der Waals surface area contributed by atoms with Crippen molar-refractivity contribution in [3.63, 3.8) is 0 Å². The number of pyridine rings is 1. The molecule has 68 heavy (non-hydrogen) atoms. The summed E-state index contributed by atoms with van der Waals surface area (Å²) in [6.07, 6.45) is 4.26. The highest BCUT2D eigenvalue weighted by atomic mass is 16.5. The van der Waals surface area contributed by atoms with Crippen molar-refractivity contribution in [3.8, 4) is 28.1 Å². The van der Waals surface area contributed by atoms with Gasteiger partial charge in [-0.2, -0.15) is 0 Å². The van der Waals surface area contributed by atoms with Gasteiger partial charge in [-0.1, -0.05) is 39.8 Å². The molecule has 7 atom stereocenters. The van der Waals surface area contributed by atoms with Gasteiger partial charge in [-0.15, -0.1) is 0 Å². The summed E-state index contributed by atoms with van der Waals surface area (Å²) < 4.78 is 14.2. The number of phenolic OH excluding ortho intramolecular Hbond substituents is 1. The number of nitrogens with zero attached hydrogens (tertiary/aromatic N) is 5. The van der Waals surface area contributed by atoms with Crippen LogP contribution in [0.1, 0.15) is 90.2 Å². The van der Waals surface area contributed by atoms with E-state index in [0.29, 0.717) is 50.9 Å². The molecule has 5 aliphatic rings. The van der Waals surface area contributed by atoms with Gasteiger partial charge in [0.2, 0.25) is 17.7 Å². The number of carbonyl (C=O) groups is 5. The molecule has 4 aliphatic heterocycles. The number of amides is 4. The SMILES string of the molecule is CCn1c(-c2cccnc2[C@H](C)OC)c2c3cc(ccc31)-c1cc(O)cc(c1)C[C@H](NC(=O)C(C(C)C)N(C)C(=O)[C@]13C[C@H]1CCN3C(=O)[C@H]1CN1)C(=O)N1CCC[C@H](N1)C(=O)OCC(C)(C)C2. The predicted molar refractivity (Wildman–Crippen MR) is 256 cm³/mol. The number of aromatic nitrogens is 2. The number of cyclic esters (lactones) is 1. The zero-order valence-corrected chi connectivity index (χ0v) is 40.6. The number of ether oxygens (including phenoxy) is 2. The zero-order valence-electron chi connectivity index (χ0n) is 40.6. The number of rotatable bonds is 10. The fourth-order valence-corrected chi connectivity index (χ4v) is 11.3. The molecular weight excluding hydrogens is 865 g/mol. The van der Waals surface area contributed by atoms with Crippen LogP contribution in [-0.2, 0) is 52.8 Å². The molecule has 362 valence electrons. The Kier molecular flexibility index (Phi) is 12.7. The van der Waals surface area contributed by atoms with Crippen LogP contribution in [-0.4, -0.2) is 129 Å². The van der Waals surface area contributed by atoms with Gasteiger partial charge in [0.25, 0.3) is 5.91 Å². The van der Waals surface area contributed by atoms with E-state index in [1.807, 2.05) is 39.0 Å². The minimum Gasteiger partial charge on any atom is -0.508 e. The molecule has 3 saturated heterocycles. The number of likely N-dealkylation sites (N-methyl/N-ethyl adjacent to an activating group) is 1. The number of methoxy groups -OCH3 is 1. The summed E-state index contributed by atoms with van der Waals surface area (Å²) in [4.78, 5) is 79.4. The molecule has 4 amide bonds. The molecule has 16 heteroatoms. The van der Waals surface area contributed by atoms with Crippen LogP contribution in [0, 0.1) is 17.3 Å². The van der Waals surface area contributed by atoms with Gasteiger partial charge in [0, 0.05) is 74.8 Å². The van der Waals surface area contributed by atoms with Crippen LogP contribution in [0.2, 0.25) is 0 Å². The topological polar surface area (TPSA) is 198 Å². The first-order valence-electron chi connectivity index (χ1n) is 24.3. The molecular formula is C52H66N8O8. The molecule has 16 nitrogen and oxygen atoms in total. The van der Waals surface area contributed by atoms with Crippen LogP contribution in [0.5, 0.6) is 5.75 Å². The summed E-state index contributed by atoms with van der Waals surface area (Å²) in [6.45, 7) is 14.1. The molecule has 4 aromatic rings. The van der Waals surface area contributed by atoms with Crippen molar-refractivity contribution >= 4 is 40.5 Å². The van der Waals surface area contributed by atoms with E-state index < -0.39 is 46.9 Å². The van der Waals surface area contributed by atoms with E-state index in [1.165, 1.54) is 9.91 Å². The lowest BCUT2D eigenvalue weighted by atomic mass is 9.84. The molecule has 2 aromatic carbocycles. The quantitative estimate of drug-likeness (QED) is 0.125. The number of hydrazine groups is 1. The van der Waals surface area contributed by atoms with E-state index in [9.17, 15) is 29.1 Å². The summed E-state index contributed by atoms with van der Waals surface area (Å²) in [5.41, 5.74) is 8.60. The van der Waals surface area contributed by atoms with Gasteiger partial charge in [-0.3, -0.25) is 34.0 Å². The lowest BCUT2D eigenvalue weighted by molar-refractivity contribution is -0.155. The molecule has 6 bridgehead atoms. The van der Waals surface area contributed by atoms with Crippen molar-refractivity contribution < 1.29 is 38.6 Å². The summed E-state index contributed by atoms with van der Waals surface area (Å²) in [7, 11) is 3.28. The average Bonchev–Trinajstić information content (AvgIpc) is 4.25. The highest BCUT2D eigenvalue weighted by molar-refractivity contribution is 6.00. The van der Waals surface area contributed by atoms with Gasteiger partial charge < -0.3 is 39.6 Å². The van der Waals surface area contributed by atoms with Gasteiger partial charge in [0.15, 0.2) is 0 Å². The van der Waals surface area contributed by atoms with Crippen LogP contribution in [0.4, 0.5) is 0 Å². The Bertz CT molecular complexity index is 2660. The van der Waals surface area contributed by atoms with E-state index >= 15 is 0 Å². The number of fused-ring (bicyclic) bond motifs is 7. The summed E-state index contributed by atoms with van der Waals surface area (Å²) in [5.74, 6) is -2.15. The fourth-order valence-electron chi connectivity index (χ4n) is 11.3. The maximum absolute atomic E-state index is 14.8. The second-order valence-corrected chi connectivity index (χ2v) is 20.7. The highest BCUT2D eigenvalue weighted by Crippen LogP contribution is 2.57. The van der Waals surface area contributed by atoms with Crippen molar-refractivity contribution in [1.82, 2.24) is 40.4 Å². The Morgan fingerprint density at radius 3 is 2.54 bits per heavy atom. The number of likely N-dealkylation sites (tertiary alicyclic amines) is 1. The van der Waals surface area contributed by atoms with Crippen molar-refractivity contribution in [2.45, 2.75) is 122 Å². The van der Waals surface area contributed by atoms with Crippen LogP contribution in [0.25, 0.3) is 33.3 Å². The number of benzene rings is 2. The van der Waals surface area contributed by atoms with Crippen molar-refractivity contribution in [2.24, 2.45) is 17.3 Å². The average molecular weight is 931 g/mol. The first-order chi connectivity index (χ1) is 32.5. The van der Waals surface area contributed by atoms with Crippen LogP contribution in [0.15, 0.2) is 54.7 Å². The molecule has 4 fully saturated rings. The third kappa shape index (κ3) is 8.63. The monoisotopic (exact) mass is 931 g/mol. The number of aryl methyl sites for hydroxylation is 1. The number of aromatic hydroxyl groups is 1. The number of carbonyl (C=O) groups excluding carboxylic acids is 5. The van der Waals surface area contributed by atoms with Crippen LogP contribution < -0.4 is 16.1 Å². The summed E-state index contributed by atoms with van der Waals surface area (Å²) in [5, 5.41) is 19.9. The summed E-state index contributed by atoms with van der Waals surface area (Å²) >= 11 is 0. The third-order valence-electron chi connectivity index (χ3n) is 14.9. The first kappa shape index (κ1) is 47.2. The van der Waals surface area contributed by atoms with Gasteiger partial charge in [-0.05, 0) is 116 Å². The predicted octanol–water partition coefficient (Wildman–Crippen LogP) is 4.90. The normalized spacial score (nSPS) is 25.3. The molecule has 6 heterocycles. The number of hydrogen-bond acceptors (Lipinski definition) is 11. The highest BCUT2D eigenvalue weighted by Gasteiger charge is 2.70. The van der Waals surface area contributed by atoms with E-state index in [0.717, 1.165) is 51.0 Å². The zero-order chi connectivity index (χ0) is 48.4. The third-order valence-corrected chi connectivity index (χ3v) is 14.9. The Morgan fingerprint density at radius 2 is 1.84 bits per heavy atom. The largest absolute Gasteiger partial charge is 0.508 e. The maximum atomic E-state index is 14.8. The number of esters is 1. The lowest BCUT2D eigenvalue weighted by Crippen LogP contribution is -2.63.